The summed E-state index contributed by atoms with van der Waals surface area (Å²) in [6.07, 6.45) is 0. The number of amides is 1. The van der Waals surface area contributed by atoms with Gasteiger partial charge in [0, 0.05) is 22.5 Å². The Balaban J connectivity index is 1.54. The van der Waals surface area contributed by atoms with E-state index in [0.717, 1.165) is 20.8 Å². The molecule has 0 atom stereocenters. The van der Waals surface area contributed by atoms with Crippen molar-refractivity contribution in [2.24, 2.45) is 0 Å². The summed E-state index contributed by atoms with van der Waals surface area (Å²) in [7, 11) is 0. The number of phenols is 1. The molecule has 0 unspecified atom stereocenters. The highest BCUT2D eigenvalue weighted by molar-refractivity contribution is 7.21. The molecule has 1 amide bonds. The largest absolute Gasteiger partial charge is 0.508 e. The summed E-state index contributed by atoms with van der Waals surface area (Å²) in [5.41, 5.74) is 9.32. The summed E-state index contributed by atoms with van der Waals surface area (Å²) in [5.74, 6) is 0.0432. The molecule has 0 saturated carbocycles. The van der Waals surface area contributed by atoms with E-state index in [1.165, 1.54) is 11.3 Å². The molecule has 0 fully saturated rings. The first-order chi connectivity index (χ1) is 12.6. The van der Waals surface area contributed by atoms with Gasteiger partial charge in [-0.3, -0.25) is 4.79 Å². The average molecular weight is 361 g/mol. The number of benzene rings is 3. The van der Waals surface area contributed by atoms with Crippen molar-refractivity contribution in [1.82, 2.24) is 4.98 Å². The third-order valence-electron chi connectivity index (χ3n) is 3.93. The fraction of sp³-hybridized carbons (Fsp3) is 0. The van der Waals surface area contributed by atoms with Gasteiger partial charge in [0.25, 0.3) is 5.91 Å². The number of nitrogens with two attached hydrogens (primary N) is 1. The Morgan fingerprint density at radius 3 is 2.46 bits per heavy atom. The highest BCUT2D eigenvalue weighted by Gasteiger charge is 2.09. The van der Waals surface area contributed by atoms with Crippen LogP contribution in [0.1, 0.15) is 10.4 Å². The number of rotatable bonds is 3. The van der Waals surface area contributed by atoms with Gasteiger partial charge in [-0.05, 0) is 66.7 Å². The molecule has 5 nitrogen and oxygen atoms in total. The normalized spacial score (nSPS) is 10.8. The molecule has 26 heavy (non-hydrogen) atoms. The number of carbonyl (C=O) groups is 1. The van der Waals surface area contributed by atoms with Gasteiger partial charge >= 0.3 is 0 Å². The van der Waals surface area contributed by atoms with Gasteiger partial charge in [-0.1, -0.05) is 0 Å². The standard InChI is InChI=1S/C20H15N3O2S/c21-14-5-1-12(2-6-14)19(25)22-15-7-3-13(4-8-15)20-23-17-10-9-16(24)11-18(17)26-20/h1-11,24H,21H2,(H,22,25). The molecule has 0 aliphatic carbocycles. The molecule has 4 rings (SSSR count). The van der Waals surface area contributed by atoms with Crippen molar-refractivity contribution in [3.63, 3.8) is 0 Å². The number of phenolic OH excluding ortho intramolecular Hbond substituents is 1. The number of carbonyl (C=O) groups excluding carboxylic acids is 1. The lowest BCUT2D eigenvalue weighted by atomic mass is 10.1. The number of hydrogen-bond donors (Lipinski definition) is 3. The second kappa shape index (κ2) is 6.50. The van der Waals surface area contributed by atoms with E-state index >= 15 is 0 Å². The van der Waals surface area contributed by atoms with Crippen molar-refractivity contribution in [3.8, 4) is 16.3 Å². The lowest BCUT2D eigenvalue weighted by molar-refractivity contribution is 0.102. The van der Waals surface area contributed by atoms with Crippen molar-refractivity contribution >= 4 is 38.8 Å². The quantitative estimate of drug-likeness (QED) is 0.469. The van der Waals surface area contributed by atoms with E-state index in [1.807, 2.05) is 24.3 Å². The van der Waals surface area contributed by atoms with Crippen molar-refractivity contribution in [2.75, 3.05) is 11.1 Å². The smallest absolute Gasteiger partial charge is 0.255 e. The predicted octanol–water partition coefficient (Wildman–Crippen LogP) is 4.50. The van der Waals surface area contributed by atoms with E-state index in [9.17, 15) is 9.90 Å². The number of aromatic nitrogens is 1. The van der Waals surface area contributed by atoms with Gasteiger partial charge < -0.3 is 16.2 Å². The van der Waals surface area contributed by atoms with Gasteiger partial charge in [-0.2, -0.15) is 0 Å². The minimum absolute atomic E-state index is 0.187. The van der Waals surface area contributed by atoms with E-state index in [4.69, 9.17) is 5.73 Å². The average Bonchev–Trinajstić information content (AvgIpc) is 3.06. The first kappa shape index (κ1) is 16.1. The fourth-order valence-electron chi connectivity index (χ4n) is 2.57. The topological polar surface area (TPSA) is 88.2 Å². The predicted molar refractivity (Wildman–Crippen MR) is 106 cm³/mol. The van der Waals surface area contributed by atoms with Crippen LogP contribution in [0.15, 0.2) is 66.7 Å². The van der Waals surface area contributed by atoms with E-state index < -0.39 is 0 Å². The third kappa shape index (κ3) is 3.22. The Labute approximate surface area is 153 Å². The molecule has 0 spiro atoms. The second-order valence-electron chi connectivity index (χ2n) is 5.82. The number of nitrogens with one attached hydrogen (secondary N) is 1. The van der Waals surface area contributed by atoms with Gasteiger partial charge in [-0.25, -0.2) is 4.98 Å². The Bertz CT molecular complexity index is 1090. The zero-order valence-electron chi connectivity index (χ0n) is 13.6. The van der Waals surface area contributed by atoms with Crippen LogP contribution in [-0.4, -0.2) is 16.0 Å². The lowest BCUT2D eigenvalue weighted by Gasteiger charge is -2.06. The molecular formula is C20H15N3O2S. The Morgan fingerprint density at radius 1 is 1.00 bits per heavy atom. The monoisotopic (exact) mass is 361 g/mol. The summed E-state index contributed by atoms with van der Waals surface area (Å²) in [5, 5.41) is 13.3. The van der Waals surface area contributed by atoms with Crippen molar-refractivity contribution in [3.05, 3.63) is 72.3 Å². The molecule has 1 heterocycles. The van der Waals surface area contributed by atoms with Crippen molar-refractivity contribution < 1.29 is 9.90 Å². The second-order valence-corrected chi connectivity index (χ2v) is 6.86. The van der Waals surface area contributed by atoms with Crippen LogP contribution in [0.5, 0.6) is 5.75 Å². The molecule has 128 valence electrons. The van der Waals surface area contributed by atoms with Crippen LogP contribution in [-0.2, 0) is 0 Å². The van der Waals surface area contributed by atoms with Crippen LogP contribution < -0.4 is 11.1 Å². The number of thiazole rings is 1. The number of fused-ring (bicyclic) bond motifs is 1. The number of nitrogen functional groups attached to an aromatic ring is 1. The maximum atomic E-state index is 12.2. The SMILES string of the molecule is Nc1ccc(C(=O)Nc2ccc(-c3nc4ccc(O)cc4s3)cc2)cc1. The summed E-state index contributed by atoms with van der Waals surface area (Å²) in [4.78, 5) is 16.8. The zero-order chi connectivity index (χ0) is 18.1. The summed E-state index contributed by atoms with van der Waals surface area (Å²) < 4.78 is 0.931. The Hall–Kier alpha value is -3.38. The van der Waals surface area contributed by atoms with E-state index in [-0.39, 0.29) is 11.7 Å². The van der Waals surface area contributed by atoms with Crippen LogP contribution in [0.2, 0.25) is 0 Å². The molecule has 3 aromatic carbocycles. The first-order valence-corrected chi connectivity index (χ1v) is 8.77. The minimum atomic E-state index is -0.187. The number of anilines is 2. The molecule has 4 aromatic rings. The van der Waals surface area contributed by atoms with Crippen LogP contribution in [0.3, 0.4) is 0 Å². The highest BCUT2D eigenvalue weighted by atomic mass is 32.1. The van der Waals surface area contributed by atoms with E-state index in [2.05, 4.69) is 10.3 Å². The molecule has 0 saturated heterocycles. The highest BCUT2D eigenvalue weighted by Crippen LogP contribution is 2.32. The first-order valence-electron chi connectivity index (χ1n) is 7.95. The maximum Gasteiger partial charge on any atom is 0.255 e. The van der Waals surface area contributed by atoms with Crippen LogP contribution >= 0.6 is 11.3 Å². The van der Waals surface area contributed by atoms with Crippen LogP contribution in [0.25, 0.3) is 20.8 Å². The summed E-state index contributed by atoms with van der Waals surface area (Å²) in [6, 6.07) is 19.4. The Morgan fingerprint density at radius 2 is 1.73 bits per heavy atom. The molecule has 0 aliphatic heterocycles. The van der Waals surface area contributed by atoms with Gasteiger partial charge in [-0.15, -0.1) is 11.3 Å². The Kier molecular flexibility index (Phi) is 4.02. The maximum absolute atomic E-state index is 12.2. The van der Waals surface area contributed by atoms with Gasteiger partial charge in [0.2, 0.25) is 0 Å². The molecule has 1 aromatic heterocycles. The molecule has 4 N–H and O–H groups in total. The van der Waals surface area contributed by atoms with Crippen LogP contribution in [0, 0.1) is 0 Å². The van der Waals surface area contributed by atoms with Gasteiger partial charge in [0.05, 0.1) is 10.2 Å². The lowest BCUT2D eigenvalue weighted by Crippen LogP contribution is -2.11. The van der Waals surface area contributed by atoms with Crippen molar-refractivity contribution in [2.45, 2.75) is 0 Å². The number of hydrogen-bond acceptors (Lipinski definition) is 5. The molecule has 0 aliphatic rings. The zero-order valence-corrected chi connectivity index (χ0v) is 14.5. The molecular weight excluding hydrogens is 346 g/mol. The number of nitrogens with zero attached hydrogens (tertiary/aromatic N) is 1. The molecule has 0 bridgehead atoms. The van der Waals surface area contributed by atoms with E-state index in [1.54, 1.807) is 42.5 Å². The third-order valence-corrected chi connectivity index (χ3v) is 5.00. The molecule has 0 radical (unpaired) electrons. The van der Waals surface area contributed by atoms with Gasteiger partial charge in [0.15, 0.2) is 0 Å². The van der Waals surface area contributed by atoms with Crippen molar-refractivity contribution in [1.29, 1.82) is 0 Å². The van der Waals surface area contributed by atoms with E-state index in [0.29, 0.717) is 16.9 Å². The van der Waals surface area contributed by atoms with Crippen LogP contribution in [0.4, 0.5) is 11.4 Å². The minimum Gasteiger partial charge on any atom is -0.508 e. The fourth-order valence-corrected chi connectivity index (χ4v) is 3.57. The molecule has 6 heteroatoms. The van der Waals surface area contributed by atoms with Gasteiger partial charge in [0.1, 0.15) is 10.8 Å². The summed E-state index contributed by atoms with van der Waals surface area (Å²) >= 11 is 1.51. The number of aromatic hydroxyl groups is 1. The summed E-state index contributed by atoms with van der Waals surface area (Å²) in [6.45, 7) is 0.